The molecule has 0 aromatic heterocycles. The second-order valence-electron chi connectivity index (χ2n) is 3.76. The lowest BCUT2D eigenvalue weighted by molar-refractivity contribution is -0.120. The summed E-state index contributed by atoms with van der Waals surface area (Å²) in [5, 5.41) is 0. The zero-order valence-corrected chi connectivity index (χ0v) is 9.91. The summed E-state index contributed by atoms with van der Waals surface area (Å²) >= 11 is 0. The Morgan fingerprint density at radius 1 is 1.24 bits per heavy atom. The highest BCUT2D eigenvalue weighted by atomic mass is 16.2. The average Bonchev–Trinajstić information content (AvgIpc) is 2.37. The molecule has 0 unspecified atom stereocenters. The van der Waals surface area contributed by atoms with Crippen LogP contribution in [0.3, 0.4) is 0 Å². The van der Waals surface area contributed by atoms with Gasteiger partial charge in [-0.2, -0.15) is 0 Å². The molecule has 1 rings (SSSR count). The maximum atomic E-state index is 11.5. The van der Waals surface area contributed by atoms with Crippen molar-refractivity contribution in [1.82, 2.24) is 5.43 Å². The van der Waals surface area contributed by atoms with Crippen molar-refractivity contribution in [2.24, 2.45) is 0 Å². The van der Waals surface area contributed by atoms with Gasteiger partial charge in [-0.3, -0.25) is 15.6 Å². The summed E-state index contributed by atoms with van der Waals surface area (Å²) in [5.74, 6) is -0.0225. The molecule has 0 heterocycles. The largest absolute Gasteiger partial charge is 0.299 e. The molecule has 17 heavy (non-hydrogen) atoms. The molecular weight excluding hydrogens is 212 g/mol. The number of allylic oxidation sites excluding steroid dienone is 2. The molecular formula is C14H18N2O. The monoisotopic (exact) mass is 230 g/mol. The van der Waals surface area contributed by atoms with Gasteiger partial charge in [-0.15, -0.1) is 0 Å². The van der Waals surface area contributed by atoms with Crippen LogP contribution in [0.4, 0.5) is 5.69 Å². The first-order chi connectivity index (χ1) is 8.22. The smallest absolute Gasteiger partial charge is 0.238 e. The van der Waals surface area contributed by atoms with Crippen molar-refractivity contribution in [3.63, 3.8) is 0 Å². The molecule has 2 N–H and O–H groups in total. The molecule has 0 spiro atoms. The van der Waals surface area contributed by atoms with E-state index in [1.54, 1.807) is 6.08 Å². The molecule has 0 bridgehead atoms. The molecule has 0 aliphatic carbocycles. The second-order valence-corrected chi connectivity index (χ2v) is 3.76. The van der Waals surface area contributed by atoms with Crippen LogP contribution in [0.25, 0.3) is 0 Å². The highest BCUT2D eigenvalue weighted by molar-refractivity contribution is 5.77. The number of carbonyl (C=O) groups is 1. The minimum atomic E-state index is -0.0225. The van der Waals surface area contributed by atoms with E-state index in [0.29, 0.717) is 6.42 Å². The first kappa shape index (κ1) is 13.0. The normalized spacial score (nSPS) is 9.41. The number of anilines is 1. The Balaban J connectivity index is 2.18. The van der Waals surface area contributed by atoms with Crippen molar-refractivity contribution < 1.29 is 4.79 Å². The van der Waals surface area contributed by atoms with E-state index < -0.39 is 0 Å². The number of nitrogens with one attached hydrogen (secondary N) is 2. The third kappa shape index (κ3) is 5.56. The zero-order valence-electron chi connectivity index (χ0n) is 9.91. The van der Waals surface area contributed by atoms with Gasteiger partial charge in [-0.25, -0.2) is 0 Å². The van der Waals surface area contributed by atoms with E-state index in [4.69, 9.17) is 0 Å². The fourth-order valence-electron chi connectivity index (χ4n) is 1.30. The van der Waals surface area contributed by atoms with E-state index in [-0.39, 0.29) is 5.91 Å². The predicted molar refractivity (Wildman–Crippen MR) is 71.4 cm³/mol. The standard InChI is InChI=1S/C14H18N2O/c1-3-12(2)8-7-11-14(17)16-15-13-9-5-4-6-10-13/h3-6,9-10,15H,1-2,7-8,11H2,(H,16,17). The van der Waals surface area contributed by atoms with Crippen LogP contribution in [0.15, 0.2) is 55.1 Å². The van der Waals surface area contributed by atoms with Gasteiger partial charge >= 0.3 is 0 Å². The number of hydrogen-bond acceptors (Lipinski definition) is 2. The van der Waals surface area contributed by atoms with E-state index in [9.17, 15) is 4.79 Å². The number of carbonyl (C=O) groups excluding carboxylic acids is 1. The van der Waals surface area contributed by atoms with Crippen LogP contribution in [0.2, 0.25) is 0 Å². The Morgan fingerprint density at radius 3 is 2.59 bits per heavy atom. The number of hydrazine groups is 1. The molecule has 0 aliphatic heterocycles. The van der Waals surface area contributed by atoms with Crippen LogP contribution in [-0.2, 0) is 4.79 Å². The molecule has 0 fully saturated rings. The minimum Gasteiger partial charge on any atom is -0.299 e. The summed E-state index contributed by atoms with van der Waals surface area (Å²) in [7, 11) is 0. The van der Waals surface area contributed by atoms with E-state index in [1.807, 2.05) is 30.3 Å². The molecule has 1 amide bonds. The molecule has 0 saturated carbocycles. The van der Waals surface area contributed by atoms with Gasteiger partial charge in [-0.05, 0) is 25.0 Å². The van der Waals surface area contributed by atoms with Crippen molar-refractivity contribution in [1.29, 1.82) is 0 Å². The third-order valence-corrected chi connectivity index (χ3v) is 2.31. The van der Waals surface area contributed by atoms with E-state index in [2.05, 4.69) is 24.0 Å². The molecule has 3 nitrogen and oxygen atoms in total. The van der Waals surface area contributed by atoms with Gasteiger partial charge in [0.25, 0.3) is 0 Å². The lowest BCUT2D eigenvalue weighted by atomic mass is 10.1. The SMILES string of the molecule is C=CC(=C)CCCC(=O)NNc1ccccc1. The molecule has 0 atom stereocenters. The van der Waals surface area contributed by atoms with Crippen molar-refractivity contribution in [2.45, 2.75) is 19.3 Å². The van der Waals surface area contributed by atoms with Crippen molar-refractivity contribution in [3.05, 3.63) is 55.1 Å². The summed E-state index contributed by atoms with van der Waals surface area (Å²) in [4.78, 5) is 11.5. The molecule has 0 saturated heterocycles. The number of amides is 1. The molecule has 0 radical (unpaired) electrons. The number of para-hydroxylation sites is 1. The van der Waals surface area contributed by atoms with Crippen LogP contribution < -0.4 is 10.9 Å². The zero-order chi connectivity index (χ0) is 12.5. The maximum Gasteiger partial charge on any atom is 0.238 e. The van der Waals surface area contributed by atoms with Gasteiger partial charge in [0.1, 0.15) is 0 Å². The molecule has 3 heteroatoms. The number of benzene rings is 1. The van der Waals surface area contributed by atoms with Crippen molar-refractivity contribution in [3.8, 4) is 0 Å². The Bertz CT molecular complexity index is 384. The Labute approximate surface area is 102 Å². The molecule has 1 aromatic rings. The van der Waals surface area contributed by atoms with Crippen molar-refractivity contribution >= 4 is 11.6 Å². The quantitative estimate of drug-likeness (QED) is 0.558. The van der Waals surface area contributed by atoms with Gasteiger partial charge in [0.2, 0.25) is 5.91 Å². The maximum absolute atomic E-state index is 11.5. The topological polar surface area (TPSA) is 41.1 Å². The summed E-state index contributed by atoms with van der Waals surface area (Å²) in [5.41, 5.74) is 7.34. The third-order valence-electron chi connectivity index (χ3n) is 2.31. The van der Waals surface area contributed by atoms with Gasteiger partial charge < -0.3 is 0 Å². The van der Waals surface area contributed by atoms with Crippen LogP contribution in [0, 0.1) is 0 Å². The first-order valence-electron chi connectivity index (χ1n) is 5.62. The lowest BCUT2D eigenvalue weighted by Gasteiger charge is -2.08. The molecule has 90 valence electrons. The number of rotatable bonds is 7. The Kier molecular flexibility index (Phi) is 5.58. The highest BCUT2D eigenvalue weighted by Gasteiger charge is 2.00. The lowest BCUT2D eigenvalue weighted by Crippen LogP contribution is -2.28. The second kappa shape index (κ2) is 7.28. The van der Waals surface area contributed by atoms with Gasteiger partial charge in [0.05, 0.1) is 5.69 Å². The fraction of sp³-hybridized carbons (Fsp3) is 0.214. The Hall–Kier alpha value is -2.03. The van der Waals surface area contributed by atoms with Crippen LogP contribution in [-0.4, -0.2) is 5.91 Å². The Morgan fingerprint density at radius 2 is 1.94 bits per heavy atom. The van der Waals surface area contributed by atoms with E-state index in [1.165, 1.54) is 0 Å². The molecule has 0 aliphatic rings. The highest BCUT2D eigenvalue weighted by Crippen LogP contribution is 2.06. The summed E-state index contributed by atoms with van der Waals surface area (Å²) in [6.45, 7) is 7.42. The van der Waals surface area contributed by atoms with Crippen molar-refractivity contribution in [2.75, 3.05) is 5.43 Å². The van der Waals surface area contributed by atoms with Gasteiger partial charge in [-0.1, -0.05) is 43.0 Å². The van der Waals surface area contributed by atoms with Crippen LogP contribution in [0.5, 0.6) is 0 Å². The van der Waals surface area contributed by atoms with E-state index >= 15 is 0 Å². The number of hydrogen-bond donors (Lipinski definition) is 2. The minimum absolute atomic E-state index is 0.0225. The van der Waals surface area contributed by atoms with Gasteiger partial charge in [0, 0.05) is 6.42 Å². The summed E-state index contributed by atoms with van der Waals surface area (Å²) in [6, 6.07) is 9.51. The summed E-state index contributed by atoms with van der Waals surface area (Å²) in [6.07, 6.45) is 3.79. The van der Waals surface area contributed by atoms with Crippen LogP contribution >= 0.6 is 0 Å². The van der Waals surface area contributed by atoms with E-state index in [0.717, 1.165) is 24.1 Å². The average molecular weight is 230 g/mol. The summed E-state index contributed by atoms with van der Waals surface area (Å²) < 4.78 is 0. The first-order valence-corrected chi connectivity index (χ1v) is 5.62. The molecule has 1 aromatic carbocycles. The fourth-order valence-corrected chi connectivity index (χ4v) is 1.30. The van der Waals surface area contributed by atoms with Gasteiger partial charge in [0.15, 0.2) is 0 Å². The van der Waals surface area contributed by atoms with Crippen LogP contribution in [0.1, 0.15) is 19.3 Å². The predicted octanol–water partition coefficient (Wildman–Crippen LogP) is 3.04.